The first-order chi connectivity index (χ1) is 14.1. The highest BCUT2D eigenvalue weighted by molar-refractivity contribution is 8.00. The van der Waals surface area contributed by atoms with Gasteiger partial charge in [0.05, 0.1) is 28.9 Å². The van der Waals surface area contributed by atoms with Crippen molar-refractivity contribution >= 4 is 17.7 Å². The predicted molar refractivity (Wildman–Crippen MR) is 113 cm³/mol. The minimum absolute atomic E-state index is 0.00983. The average Bonchev–Trinajstić information content (AvgIpc) is 3.27. The van der Waals surface area contributed by atoms with E-state index in [4.69, 9.17) is 4.74 Å². The van der Waals surface area contributed by atoms with Crippen LogP contribution in [0.3, 0.4) is 0 Å². The summed E-state index contributed by atoms with van der Waals surface area (Å²) < 4.78 is 5.88. The summed E-state index contributed by atoms with van der Waals surface area (Å²) in [6, 6.07) is 11.4. The van der Waals surface area contributed by atoms with Crippen molar-refractivity contribution in [2.45, 2.75) is 25.1 Å². The van der Waals surface area contributed by atoms with E-state index >= 15 is 0 Å². The molecule has 1 amide bonds. The molecule has 29 heavy (non-hydrogen) atoms. The summed E-state index contributed by atoms with van der Waals surface area (Å²) in [5, 5.41) is 8.55. The number of amides is 1. The van der Waals surface area contributed by atoms with E-state index in [0.717, 1.165) is 11.3 Å². The van der Waals surface area contributed by atoms with Crippen LogP contribution in [0.15, 0.2) is 55.0 Å². The number of thioether (sulfide) groups is 1. The maximum Gasteiger partial charge on any atom is 0.256 e. The van der Waals surface area contributed by atoms with Crippen LogP contribution >= 0.6 is 11.8 Å². The molecule has 150 valence electrons. The molecule has 2 atom stereocenters. The van der Waals surface area contributed by atoms with E-state index in [1.54, 1.807) is 18.6 Å². The number of hydrogen-bond donors (Lipinski definition) is 0. The normalized spacial score (nSPS) is 19.2. The van der Waals surface area contributed by atoms with Crippen molar-refractivity contribution in [3.05, 3.63) is 66.1 Å². The van der Waals surface area contributed by atoms with Crippen molar-refractivity contribution in [2.75, 3.05) is 18.9 Å². The molecule has 4 rings (SSSR count). The van der Waals surface area contributed by atoms with Gasteiger partial charge in [-0.2, -0.15) is 26.8 Å². The smallest absolute Gasteiger partial charge is 0.256 e. The molecule has 3 aromatic rings. The predicted octanol–water partition coefficient (Wildman–Crippen LogP) is 3.00. The van der Waals surface area contributed by atoms with Gasteiger partial charge in [-0.3, -0.25) is 4.79 Å². The van der Waals surface area contributed by atoms with Crippen LogP contribution in [0, 0.1) is 6.92 Å². The molecule has 1 aliphatic heterocycles. The maximum absolute atomic E-state index is 13.4. The largest absolute Gasteiger partial charge is 0.476 e. The molecular weight excluding hydrogens is 386 g/mol. The second-order valence-electron chi connectivity index (χ2n) is 7.08. The van der Waals surface area contributed by atoms with Crippen LogP contribution in [0.4, 0.5) is 0 Å². The fourth-order valence-electron chi connectivity index (χ4n) is 3.29. The molecule has 3 heterocycles. The van der Waals surface area contributed by atoms with Gasteiger partial charge in [0.1, 0.15) is 6.61 Å². The van der Waals surface area contributed by atoms with Crippen LogP contribution in [-0.2, 0) is 0 Å². The van der Waals surface area contributed by atoms with Crippen LogP contribution in [-0.4, -0.2) is 61.0 Å². The highest BCUT2D eigenvalue weighted by atomic mass is 32.2. The SMILES string of the molecule is Cc1ccnc(OC[C@H]2CN(C(=O)c3ccccc3-n3nccn3)[C@H](C)CS2)c1. The van der Waals surface area contributed by atoms with Gasteiger partial charge in [0.2, 0.25) is 5.88 Å². The van der Waals surface area contributed by atoms with E-state index in [1.165, 1.54) is 4.80 Å². The molecule has 0 saturated carbocycles. The Morgan fingerprint density at radius 1 is 1.21 bits per heavy atom. The number of carbonyl (C=O) groups is 1. The van der Waals surface area contributed by atoms with Gasteiger partial charge in [0.15, 0.2) is 0 Å². The number of rotatable bonds is 5. The summed E-state index contributed by atoms with van der Waals surface area (Å²) in [5.41, 5.74) is 2.40. The second kappa shape index (κ2) is 8.65. The number of ether oxygens (including phenoxy) is 1. The summed E-state index contributed by atoms with van der Waals surface area (Å²) >= 11 is 1.84. The minimum atomic E-state index is -0.00983. The van der Waals surface area contributed by atoms with Gasteiger partial charge in [-0.1, -0.05) is 12.1 Å². The Kier molecular flexibility index (Phi) is 5.80. The third-order valence-electron chi connectivity index (χ3n) is 4.84. The number of hydrogen-bond acceptors (Lipinski definition) is 6. The summed E-state index contributed by atoms with van der Waals surface area (Å²) in [6.07, 6.45) is 4.96. The van der Waals surface area contributed by atoms with Gasteiger partial charge >= 0.3 is 0 Å². The monoisotopic (exact) mass is 409 g/mol. The number of nitrogens with zero attached hydrogens (tertiary/aromatic N) is 5. The van der Waals surface area contributed by atoms with Crippen LogP contribution < -0.4 is 4.74 Å². The van der Waals surface area contributed by atoms with E-state index in [0.29, 0.717) is 30.3 Å². The Balaban J connectivity index is 1.48. The first-order valence-electron chi connectivity index (χ1n) is 9.55. The lowest BCUT2D eigenvalue weighted by atomic mass is 10.1. The van der Waals surface area contributed by atoms with Crippen LogP contribution in [0.2, 0.25) is 0 Å². The lowest BCUT2D eigenvalue weighted by Gasteiger charge is -2.37. The van der Waals surface area contributed by atoms with Gasteiger partial charge in [-0.25, -0.2) is 4.98 Å². The molecule has 0 spiro atoms. The number of aromatic nitrogens is 4. The van der Waals surface area contributed by atoms with Crippen molar-refractivity contribution in [3.8, 4) is 11.6 Å². The van der Waals surface area contributed by atoms with E-state index in [2.05, 4.69) is 22.1 Å². The van der Waals surface area contributed by atoms with Gasteiger partial charge < -0.3 is 9.64 Å². The molecule has 0 aliphatic carbocycles. The van der Waals surface area contributed by atoms with Crippen molar-refractivity contribution < 1.29 is 9.53 Å². The molecule has 1 saturated heterocycles. The van der Waals surface area contributed by atoms with Crippen LogP contribution in [0.1, 0.15) is 22.8 Å². The number of benzene rings is 1. The molecule has 1 fully saturated rings. The fraction of sp³-hybridized carbons (Fsp3) is 0.333. The Bertz CT molecular complexity index is 979. The van der Waals surface area contributed by atoms with Gasteiger partial charge in [0.25, 0.3) is 5.91 Å². The standard InChI is InChI=1S/C21H23N5O2S/c1-15-7-8-22-20(11-15)28-13-17-12-25(16(2)14-29-17)21(27)18-5-3-4-6-19(18)26-23-9-10-24-26/h3-11,16-17H,12-14H2,1-2H3/t16-,17-/m1/s1. The lowest BCUT2D eigenvalue weighted by Crippen LogP contribution is -2.49. The first kappa shape index (κ1) is 19.4. The molecule has 0 unspecified atom stereocenters. The molecule has 2 aromatic heterocycles. The third kappa shape index (κ3) is 4.42. The van der Waals surface area contributed by atoms with Crippen LogP contribution in [0.25, 0.3) is 5.69 Å². The number of carbonyl (C=O) groups excluding carboxylic acids is 1. The van der Waals surface area contributed by atoms with Crippen molar-refractivity contribution in [3.63, 3.8) is 0 Å². The van der Waals surface area contributed by atoms with Gasteiger partial charge in [0, 0.05) is 30.6 Å². The number of pyridine rings is 1. The van der Waals surface area contributed by atoms with Gasteiger partial charge in [-0.05, 0) is 37.6 Å². The zero-order valence-electron chi connectivity index (χ0n) is 16.4. The minimum Gasteiger partial charge on any atom is -0.476 e. The van der Waals surface area contributed by atoms with Gasteiger partial charge in [-0.15, -0.1) is 0 Å². The Morgan fingerprint density at radius 3 is 2.79 bits per heavy atom. The average molecular weight is 410 g/mol. The molecular formula is C21H23N5O2S. The van der Waals surface area contributed by atoms with E-state index in [9.17, 15) is 4.79 Å². The van der Waals surface area contributed by atoms with Crippen molar-refractivity contribution in [1.82, 2.24) is 24.9 Å². The molecule has 0 radical (unpaired) electrons. The summed E-state index contributed by atoms with van der Waals surface area (Å²) in [7, 11) is 0. The second-order valence-corrected chi connectivity index (χ2v) is 8.41. The topological polar surface area (TPSA) is 73.1 Å². The lowest BCUT2D eigenvalue weighted by molar-refractivity contribution is 0.0692. The van der Waals surface area contributed by atoms with Crippen molar-refractivity contribution in [2.24, 2.45) is 0 Å². The molecule has 8 heteroatoms. The number of aryl methyl sites for hydroxylation is 1. The zero-order chi connectivity index (χ0) is 20.2. The fourth-order valence-corrected chi connectivity index (χ4v) is 4.45. The number of para-hydroxylation sites is 1. The summed E-state index contributed by atoms with van der Waals surface area (Å²) in [4.78, 5) is 21.1. The molecule has 0 bridgehead atoms. The summed E-state index contributed by atoms with van der Waals surface area (Å²) in [6.45, 7) is 5.23. The Morgan fingerprint density at radius 2 is 2.00 bits per heavy atom. The highest BCUT2D eigenvalue weighted by Gasteiger charge is 2.31. The van der Waals surface area contributed by atoms with E-state index in [1.807, 2.05) is 60.0 Å². The van der Waals surface area contributed by atoms with Crippen molar-refractivity contribution in [1.29, 1.82) is 0 Å². The maximum atomic E-state index is 13.4. The quantitative estimate of drug-likeness (QED) is 0.645. The third-order valence-corrected chi connectivity index (χ3v) is 6.27. The first-order valence-corrected chi connectivity index (χ1v) is 10.6. The molecule has 1 aliphatic rings. The zero-order valence-corrected chi connectivity index (χ0v) is 17.2. The van der Waals surface area contributed by atoms with Crippen LogP contribution in [0.5, 0.6) is 5.88 Å². The molecule has 7 nitrogen and oxygen atoms in total. The Labute approximate surface area is 174 Å². The Hall–Kier alpha value is -2.87. The summed E-state index contributed by atoms with van der Waals surface area (Å²) in [5.74, 6) is 1.48. The molecule has 1 aromatic carbocycles. The van der Waals surface area contributed by atoms with E-state index < -0.39 is 0 Å². The van der Waals surface area contributed by atoms with E-state index in [-0.39, 0.29) is 17.2 Å². The highest BCUT2D eigenvalue weighted by Crippen LogP contribution is 2.27. The molecule has 0 N–H and O–H groups in total.